The van der Waals surface area contributed by atoms with E-state index in [1.165, 1.54) is 12.1 Å². The summed E-state index contributed by atoms with van der Waals surface area (Å²) in [5.41, 5.74) is 1.87. The molecule has 1 aromatic rings. The van der Waals surface area contributed by atoms with Gasteiger partial charge in [0.05, 0.1) is 0 Å². The van der Waals surface area contributed by atoms with Gasteiger partial charge in [0, 0.05) is 19.1 Å². The Balaban J connectivity index is 2.30. The Bertz CT molecular complexity index is 374. The van der Waals surface area contributed by atoms with E-state index < -0.39 is 11.6 Å². The predicted molar refractivity (Wildman–Crippen MR) is 55.6 cm³/mol. The van der Waals surface area contributed by atoms with Gasteiger partial charge in [-0.1, -0.05) is 0 Å². The van der Waals surface area contributed by atoms with Crippen molar-refractivity contribution in [2.75, 3.05) is 6.54 Å². The fourth-order valence-electron chi connectivity index (χ4n) is 2.01. The van der Waals surface area contributed by atoms with Crippen LogP contribution in [-0.2, 0) is 13.0 Å². The van der Waals surface area contributed by atoms with Crippen molar-refractivity contribution >= 4 is 0 Å². The molecule has 1 aromatic carbocycles. The Morgan fingerprint density at radius 1 is 1.13 bits per heavy atom. The zero-order valence-electron chi connectivity index (χ0n) is 9.06. The number of benzene rings is 1. The summed E-state index contributed by atoms with van der Waals surface area (Å²) < 4.78 is 26.0. The normalized spacial score (nSPS) is 16.9. The van der Waals surface area contributed by atoms with Gasteiger partial charge in [-0.15, -0.1) is 0 Å². The second-order valence-electron chi connectivity index (χ2n) is 4.35. The third kappa shape index (κ3) is 2.02. The van der Waals surface area contributed by atoms with E-state index >= 15 is 0 Å². The van der Waals surface area contributed by atoms with Crippen molar-refractivity contribution in [3.8, 4) is 0 Å². The minimum Gasteiger partial charge on any atom is -0.296 e. The molecule has 0 amide bonds. The monoisotopic (exact) mass is 211 g/mol. The third-order valence-corrected chi connectivity index (χ3v) is 3.01. The van der Waals surface area contributed by atoms with Crippen molar-refractivity contribution in [2.45, 2.75) is 32.9 Å². The van der Waals surface area contributed by atoms with Crippen LogP contribution in [0.15, 0.2) is 12.1 Å². The topological polar surface area (TPSA) is 3.24 Å². The number of hydrogen-bond donors (Lipinski definition) is 0. The first-order valence-electron chi connectivity index (χ1n) is 5.29. The molecule has 15 heavy (non-hydrogen) atoms. The van der Waals surface area contributed by atoms with Gasteiger partial charge < -0.3 is 0 Å². The van der Waals surface area contributed by atoms with Crippen LogP contribution in [0.4, 0.5) is 8.78 Å². The van der Waals surface area contributed by atoms with Gasteiger partial charge in [0.2, 0.25) is 0 Å². The molecular formula is C12H15F2N. The summed E-state index contributed by atoms with van der Waals surface area (Å²) in [4.78, 5) is 2.26. The quantitative estimate of drug-likeness (QED) is 0.690. The van der Waals surface area contributed by atoms with Crippen molar-refractivity contribution in [3.05, 3.63) is 34.9 Å². The first-order chi connectivity index (χ1) is 7.08. The number of hydrogen-bond acceptors (Lipinski definition) is 1. The summed E-state index contributed by atoms with van der Waals surface area (Å²) >= 11 is 0. The molecule has 0 aliphatic carbocycles. The van der Waals surface area contributed by atoms with Crippen molar-refractivity contribution in [1.29, 1.82) is 0 Å². The fourth-order valence-corrected chi connectivity index (χ4v) is 2.01. The summed E-state index contributed by atoms with van der Waals surface area (Å²) in [5.74, 6) is -1.47. The molecule has 0 atom stereocenters. The van der Waals surface area contributed by atoms with E-state index in [4.69, 9.17) is 0 Å². The molecule has 0 unspecified atom stereocenters. The number of halogens is 2. The molecule has 0 bridgehead atoms. The summed E-state index contributed by atoms with van der Waals surface area (Å²) in [5, 5.41) is 0. The van der Waals surface area contributed by atoms with Crippen molar-refractivity contribution in [1.82, 2.24) is 4.90 Å². The molecule has 3 heteroatoms. The Morgan fingerprint density at radius 2 is 1.73 bits per heavy atom. The molecule has 2 rings (SSSR count). The average molecular weight is 211 g/mol. The van der Waals surface area contributed by atoms with Gasteiger partial charge in [0.15, 0.2) is 11.6 Å². The Labute approximate surface area is 88.7 Å². The van der Waals surface area contributed by atoms with Crippen LogP contribution < -0.4 is 0 Å². The van der Waals surface area contributed by atoms with Crippen molar-refractivity contribution in [2.24, 2.45) is 0 Å². The van der Waals surface area contributed by atoms with Gasteiger partial charge >= 0.3 is 0 Å². The van der Waals surface area contributed by atoms with Crippen molar-refractivity contribution < 1.29 is 8.78 Å². The van der Waals surface area contributed by atoms with Crippen LogP contribution in [-0.4, -0.2) is 17.5 Å². The number of rotatable bonds is 1. The van der Waals surface area contributed by atoms with Gasteiger partial charge in [0.25, 0.3) is 0 Å². The summed E-state index contributed by atoms with van der Waals surface area (Å²) in [6.45, 7) is 5.88. The van der Waals surface area contributed by atoms with Gasteiger partial charge in [-0.05, 0) is 43.5 Å². The van der Waals surface area contributed by atoms with Crippen LogP contribution in [0.25, 0.3) is 0 Å². The van der Waals surface area contributed by atoms with E-state index in [0.29, 0.717) is 6.04 Å². The summed E-state index contributed by atoms with van der Waals surface area (Å²) in [6.07, 6.45) is 0.810. The highest BCUT2D eigenvalue weighted by molar-refractivity contribution is 5.30. The van der Waals surface area contributed by atoms with E-state index in [0.717, 1.165) is 30.6 Å². The van der Waals surface area contributed by atoms with Crippen LogP contribution in [0.5, 0.6) is 0 Å². The predicted octanol–water partition coefficient (Wildman–Crippen LogP) is 2.73. The largest absolute Gasteiger partial charge is 0.296 e. The number of fused-ring (bicyclic) bond motifs is 1. The fraction of sp³-hybridized carbons (Fsp3) is 0.500. The molecule has 0 N–H and O–H groups in total. The van der Waals surface area contributed by atoms with Gasteiger partial charge in [0.1, 0.15) is 0 Å². The lowest BCUT2D eigenvalue weighted by Crippen LogP contribution is -2.36. The Morgan fingerprint density at radius 3 is 2.33 bits per heavy atom. The standard InChI is InChI=1S/C12H15F2N/c1-8(2)15-4-3-9-5-11(13)12(14)6-10(9)7-15/h5-6,8H,3-4,7H2,1-2H3. The maximum atomic E-state index is 13.0. The van der Waals surface area contributed by atoms with Crippen LogP contribution in [0.3, 0.4) is 0 Å². The highest BCUT2D eigenvalue weighted by atomic mass is 19.2. The zero-order chi connectivity index (χ0) is 11.0. The van der Waals surface area contributed by atoms with Crippen LogP contribution in [0.1, 0.15) is 25.0 Å². The maximum Gasteiger partial charge on any atom is 0.159 e. The van der Waals surface area contributed by atoms with Crippen LogP contribution >= 0.6 is 0 Å². The van der Waals surface area contributed by atoms with Gasteiger partial charge in [-0.25, -0.2) is 8.78 Å². The van der Waals surface area contributed by atoms with Gasteiger partial charge in [-0.3, -0.25) is 4.90 Å². The molecule has 0 saturated carbocycles. The average Bonchev–Trinajstić information content (AvgIpc) is 2.19. The third-order valence-electron chi connectivity index (χ3n) is 3.01. The van der Waals surface area contributed by atoms with E-state index in [-0.39, 0.29) is 0 Å². The summed E-state index contributed by atoms with van der Waals surface area (Å²) in [6, 6.07) is 3.12. The van der Waals surface area contributed by atoms with Crippen LogP contribution in [0.2, 0.25) is 0 Å². The minimum atomic E-state index is -0.737. The lowest BCUT2D eigenvalue weighted by atomic mass is 9.98. The van der Waals surface area contributed by atoms with Crippen LogP contribution in [0, 0.1) is 11.6 Å². The lowest BCUT2D eigenvalue weighted by molar-refractivity contribution is 0.202. The van der Waals surface area contributed by atoms with Gasteiger partial charge in [-0.2, -0.15) is 0 Å². The molecular weight excluding hydrogens is 196 g/mol. The molecule has 0 spiro atoms. The maximum absolute atomic E-state index is 13.0. The molecule has 0 saturated heterocycles. The van der Waals surface area contributed by atoms with E-state index in [1.807, 2.05) is 0 Å². The molecule has 1 aliphatic heterocycles. The smallest absolute Gasteiger partial charge is 0.159 e. The zero-order valence-corrected chi connectivity index (χ0v) is 9.06. The van der Waals surface area contributed by atoms with E-state index in [9.17, 15) is 8.78 Å². The first kappa shape index (κ1) is 10.6. The lowest BCUT2D eigenvalue weighted by Gasteiger charge is -2.31. The second-order valence-corrected chi connectivity index (χ2v) is 4.35. The summed E-state index contributed by atoms with van der Waals surface area (Å²) in [7, 11) is 0. The molecule has 82 valence electrons. The number of nitrogens with zero attached hydrogens (tertiary/aromatic N) is 1. The highest BCUT2D eigenvalue weighted by Crippen LogP contribution is 2.23. The molecule has 1 heterocycles. The Hall–Kier alpha value is -0.960. The molecule has 0 radical (unpaired) electrons. The Kier molecular flexibility index (Phi) is 2.74. The molecule has 1 nitrogen and oxygen atoms in total. The SMILES string of the molecule is CC(C)N1CCc2cc(F)c(F)cc2C1. The van der Waals surface area contributed by atoms with E-state index in [1.54, 1.807) is 0 Å². The van der Waals surface area contributed by atoms with Crippen molar-refractivity contribution in [3.63, 3.8) is 0 Å². The molecule has 1 aliphatic rings. The van der Waals surface area contributed by atoms with E-state index in [2.05, 4.69) is 18.7 Å². The first-order valence-corrected chi connectivity index (χ1v) is 5.29. The minimum absolute atomic E-state index is 0.450. The molecule has 0 aromatic heterocycles. The second kappa shape index (κ2) is 3.89. The molecule has 0 fully saturated rings. The highest BCUT2D eigenvalue weighted by Gasteiger charge is 2.20.